The molecule has 6 aromatic carbocycles. The van der Waals surface area contributed by atoms with Crippen molar-refractivity contribution >= 4 is 10.8 Å². The van der Waals surface area contributed by atoms with Crippen molar-refractivity contribution in [1.29, 1.82) is 5.26 Å². The van der Waals surface area contributed by atoms with E-state index in [0.29, 0.717) is 34.9 Å². The van der Waals surface area contributed by atoms with Crippen LogP contribution in [0.2, 0.25) is 0 Å². The van der Waals surface area contributed by atoms with E-state index >= 15 is 0 Å². The molecule has 4 nitrogen and oxygen atoms in total. The first kappa shape index (κ1) is 29.8. The van der Waals surface area contributed by atoms with Crippen molar-refractivity contribution in [3.05, 3.63) is 150 Å². The van der Waals surface area contributed by atoms with E-state index in [-0.39, 0.29) is 5.41 Å². The quantitative estimate of drug-likeness (QED) is 0.187. The molecule has 0 unspecified atom stereocenters. The van der Waals surface area contributed by atoms with Crippen LogP contribution in [0.15, 0.2) is 133 Å². The first-order valence-corrected chi connectivity index (χ1v) is 18.8. The Morgan fingerprint density at radius 3 is 1.90 bits per heavy atom. The fourth-order valence-corrected chi connectivity index (χ4v) is 11.0. The Balaban J connectivity index is 1.12. The molecule has 12 rings (SSSR count). The van der Waals surface area contributed by atoms with E-state index in [1.165, 1.54) is 65.3 Å². The summed E-state index contributed by atoms with van der Waals surface area (Å²) in [6.45, 7) is 0. The maximum Gasteiger partial charge on any atom is 0.164 e. The van der Waals surface area contributed by atoms with Crippen LogP contribution >= 0.6 is 0 Å². The van der Waals surface area contributed by atoms with Gasteiger partial charge in [-0.3, -0.25) is 0 Å². The summed E-state index contributed by atoms with van der Waals surface area (Å²) in [6.07, 6.45) is 6.71. The third-order valence-electron chi connectivity index (χ3n) is 13.0. The molecule has 7 aromatic rings. The molecule has 0 atom stereocenters. The SMILES string of the molecule is N#Cc1ccc(-c2ccc3c(c2)-c2ccc(-c4nc(-c5ccccc5)nc(-c5cccc6ccccc56)n4)cc2C32C3CC4CC(C3)CC2C4)cc1. The van der Waals surface area contributed by atoms with Crippen LogP contribution in [0.3, 0.4) is 0 Å². The lowest BCUT2D eigenvalue weighted by molar-refractivity contribution is -0.0399. The molecule has 52 heavy (non-hydrogen) atoms. The molecule has 1 aromatic heterocycles. The van der Waals surface area contributed by atoms with Gasteiger partial charge in [0, 0.05) is 22.1 Å². The lowest BCUT2D eigenvalue weighted by Gasteiger charge is -2.61. The molecule has 248 valence electrons. The van der Waals surface area contributed by atoms with E-state index in [0.717, 1.165) is 39.5 Å². The number of rotatable bonds is 4. The highest BCUT2D eigenvalue weighted by atomic mass is 15.0. The maximum atomic E-state index is 9.41. The van der Waals surface area contributed by atoms with Gasteiger partial charge >= 0.3 is 0 Å². The number of nitriles is 1. The average Bonchev–Trinajstić information content (AvgIpc) is 3.49. The normalized spacial score (nSPS) is 23.4. The zero-order valence-corrected chi connectivity index (χ0v) is 28.8. The van der Waals surface area contributed by atoms with Crippen LogP contribution in [0.25, 0.3) is 67.2 Å². The Morgan fingerprint density at radius 2 is 1.13 bits per heavy atom. The monoisotopic (exact) mass is 668 g/mol. The molecule has 0 aliphatic heterocycles. The topological polar surface area (TPSA) is 62.5 Å². The summed E-state index contributed by atoms with van der Waals surface area (Å²) >= 11 is 0. The molecular formula is C48H36N4. The van der Waals surface area contributed by atoms with Gasteiger partial charge in [0.05, 0.1) is 11.6 Å². The summed E-state index contributed by atoms with van der Waals surface area (Å²) in [5.41, 5.74) is 11.8. The minimum absolute atomic E-state index is 0.00501. The van der Waals surface area contributed by atoms with Gasteiger partial charge in [0.25, 0.3) is 0 Å². The second-order valence-electron chi connectivity index (χ2n) is 15.6. The molecule has 1 spiro atoms. The molecule has 0 radical (unpaired) electrons. The van der Waals surface area contributed by atoms with Gasteiger partial charge < -0.3 is 0 Å². The first-order chi connectivity index (χ1) is 25.7. The molecular weight excluding hydrogens is 633 g/mol. The van der Waals surface area contributed by atoms with Crippen molar-refractivity contribution in [3.63, 3.8) is 0 Å². The zero-order valence-electron chi connectivity index (χ0n) is 28.8. The van der Waals surface area contributed by atoms with E-state index in [9.17, 15) is 5.26 Å². The highest BCUT2D eigenvalue weighted by molar-refractivity contribution is 5.95. The molecule has 5 aliphatic carbocycles. The van der Waals surface area contributed by atoms with Gasteiger partial charge in [-0.05, 0) is 124 Å². The highest BCUT2D eigenvalue weighted by Crippen LogP contribution is 2.69. The molecule has 4 fully saturated rings. The molecule has 1 heterocycles. The van der Waals surface area contributed by atoms with E-state index < -0.39 is 0 Å². The third kappa shape index (κ3) is 4.35. The number of nitrogens with zero attached hydrogens (tertiary/aromatic N) is 4. The van der Waals surface area contributed by atoms with Gasteiger partial charge in [0.2, 0.25) is 0 Å². The predicted molar refractivity (Wildman–Crippen MR) is 207 cm³/mol. The Kier molecular flexibility index (Phi) is 6.47. The first-order valence-electron chi connectivity index (χ1n) is 18.8. The second kappa shape index (κ2) is 11.3. The predicted octanol–water partition coefficient (Wildman–Crippen LogP) is 11.3. The Bertz CT molecular complexity index is 2560. The van der Waals surface area contributed by atoms with Crippen LogP contribution < -0.4 is 0 Å². The van der Waals surface area contributed by atoms with Crippen LogP contribution in [0.1, 0.15) is 48.8 Å². The lowest BCUT2D eigenvalue weighted by Crippen LogP contribution is -2.55. The summed E-state index contributed by atoms with van der Waals surface area (Å²) in [7, 11) is 0. The van der Waals surface area contributed by atoms with E-state index in [2.05, 4.69) is 109 Å². The highest BCUT2D eigenvalue weighted by Gasteiger charge is 2.61. The van der Waals surface area contributed by atoms with Crippen LogP contribution in [0.4, 0.5) is 0 Å². The Morgan fingerprint density at radius 1 is 0.481 bits per heavy atom. The molecule has 0 N–H and O–H groups in total. The molecule has 0 amide bonds. The van der Waals surface area contributed by atoms with Gasteiger partial charge in [0.1, 0.15) is 0 Å². The molecule has 4 bridgehead atoms. The minimum atomic E-state index is 0.00501. The van der Waals surface area contributed by atoms with Crippen LogP contribution in [0, 0.1) is 35.0 Å². The lowest BCUT2D eigenvalue weighted by atomic mass is 9.43. The maximum absolute atomic E-state index is 9.41. The van der Waals surface area contributed by atoms with Crippen molar-refractivity contribution < 1.29 is 0 Å². The molecule has 4 heteroatoms. The Hall–Kier alpha value is -5.92. The van der Waals surface area contributed by atoms with Crippen molar-refractivity contribution in [2.45, 2.75) is 37.5 Å². The molecule has 0 saturated heterocycles. The molecule has 4 saturated carbocycles. The molecule has 5 aliphatic rings. The summed E-state index contributed by atoms with van der Waals surface area (Å²) < 4.78 is 0. The van der Waals surface area contributed by atoms with Crippen LogP contribution in [-0.4, -0.2) is 15.0 Å². The zero-order chi connectivity index (χ0) is 34.4. The fraction of sp³-hybridized carbons (Fsp3) is 0.208. The van der Waals surface area contributed by atoms with Crippen LogP contribution in [0.5, 0.6) is 0 Å². The summed E-state index contributed by atoms with van der Waals surface area (Å²) in [5, 5.41) is 11.7. The van der Waals surface area contributed by atoms with Crippen molar-refractivity contribution in [3.8, 4) is 62.5 Å². The van der Waals surface area contributed by atoms with E-state index in [1.54, 1.807) is 0 Å². The van der Waals surface area contributed by atoms with Crippen molar-refractivity contribution in [2.24, 2.45) is 23.7 Å². The minimum Gasteiger partial charge on any atom is -0.208 e. The Labute approximate surface area is 303 Å². The number of fused-ring (bicyclic) bond motifs is 4. The average molecular weight is 669 g/mol. The van der Waals surface area contributed by atoms with E-state index in [4.69, 9.17) is 15.0 Å². The van der Waals surface area contributed by atoms with Crippen molar-refractivity contribution in [1.82, 2.24) is 15.0 Å². The van der Waals surface area contributed by atoms with Gasteiger partial charge in [-0.25, -0.2) is 15.0 Å². The number of aromatic nitrogens is 3. The summed E-state index contributed by atoms with van der Waals surface area (Å²) in [4.78, 5) is 15.6. The van der Waals surface area contributed by atoms with Gasteiger partial charge in [-0.1, -0.05) is 109 Å². The van der Waals surface area contributed by atoms with Crippen molar-refractivity contribution in [2.75, 3.05) is 0 Å². The van der Waals surface area contributed by atoms with E-state index in [1.807, 2.05) is 30.3 Å². The fourth-order valence-electron chi connectivity index (χ4n) is 11.0. The summed E-state index contributed by atoms with van der Waals surface area (Å²) in [6, 6.07) is 49.7. The van der Waals surface area contributed by atoms with Gasteiger partial charge in [0.15, 0.2) is 17.5 Å². The second-order valence-corrected chi connectivity index (χ2v) is 15.6. The van der Waals surface area contributed by atoms with Gasteiger partial charge in [-0.15, -0.1) is 0 Å². The summed E-state index contributed by atoms with van der Waals surface area (Å²) in [5.74, 6) is 5.11. The standard InChI is InChI=1S/C48H36N4/c49-28-29-13-15-32(16-14-29)35-18-20-43-42(26-35)40-19-17-36(27-44(40)48(43)37-22-30-21-31(24-37)25-38(48)23-30)46-50-45(34-8-2-1-3-9-34)51-47(52-46)41-12-6-10-33-7-4-5-11-39(33)41/h1-20,26-27,30-31,37-38H,21-25H2. The largest absolute Gasteiger partial charge is 0.208 e. The number of hydrogen-bond acceptors (Lipinski definition) is 4. The smallest absolute Gasteiger partial charge is 0.164 e. The number of benzene rings is 6. The van der Waals surface area contributed by atoms with Gasteiger partial charge in [-0.2, -0.15) is 5.26 Å². The number of hydrogen-bond donors (Lipinski definition) is 0. The van der Waals surface area contributed by atoms with Crippen LogP contribution in [-0.2, 0) is 5.41 Å². The third-order valence-corrected chi connectivity index (χ3v) is 13.0.